The summed E-state index contributed by atoms with van der Waals surface area (Å²) < 4.78 is 13.0. The van der Waals surface area contributed by atoms with Crippen LogP contribution in [0.3, 0.4) is 0 Å². The molecule has 6 nitrogen and oxygen atoms in total. The van der Waals surface area contributed by atoms with Crippen LogP contribution in [0, 0.1) is 5.82 Å². The van der Waals surface area contributed by atoms with Crippen molar-refractivity contribution < 1.29 is 14.0 Å². The Kier molecular flexibility index (Phi) is 3.84. The molecule has 0 aliphatic carbocycles. The second-order valence-corrected chi connectivity index (χ2v) is 6.02. The van der Waals surface area contributed by atoms with E-state index in [1.165, 1.54) is 30.4 Å². The standard InChI is InChI=1S/C14H13FN4O2S/c1-8(20)16-14-18-17-13(22-14)9-6-12(21)19(7-9)11-4-2-10(15)3-5-11/h2-5,9H,6-7H2,1H3,(H,16,18,20)/t9-/m0/s1. The topological polar surface area (TPSA) is 75.2 Å². The molecule has 1 saturated heterocycles. The van der Waals surface area contributed by atoms with Crippen LogP contribution in [0.15, 0.2) is 24.3 Å². The number of hydrogen-bond acceptors (Lipinski definition) is 5. The summed E-state index contributed by atoms with van der Waals surface area (Å²) >= 11 is 1.27. The SMILES string of the molecule is CC(=O)Nc1nnc([C@H]2CC(=O)N(c3ccc(F)cc3)C2)s1. The molecule has 0 spiro atoms. The monoisotopic (exact) mass is 320 g/mol. The molecule has 1 aromatic carbocycles. The van der Waals surface area contributed by atoms with Crippen molar-refractivity contribution in [2.75, 3.05) is 16.8 Å². The number of hydrogen-bond donors (Lipinski definition) is 1. The van der Waals surface area contributed by atoms with Gasteiger partial charge in [0, 0.05) is 31.5 Å². The van der Waals surface area contributed by atoms with Gasteiger partial charge >= 0.3 is 0 Å². The summed E-state index contributed by atoms with van der Waals surface area (Å²) in [5.74, 6) is -0.653. The highest BCUT2D eigenvalue weighted by Crippen LogP contribution is 2.34. The molecule has 1 atom stereocenters. The molecule has 1 aliphatic rings. The van der Waals surface area contributed by atoms with Crippen LogP contribution < -0.4 is 10.2 Å². The van der Waals surface area contributed by atoms with E-state index in [4.69, 9.17) is 0 Å². The first-order valence-corrected chi connectivity index (χ1v) is 7.51. The molecule has 1 aromatic heterocycles. The lowest BCUT2D eigenvalue weighted by molar-refractivity contribution is -0.117. The third-order valence-corrected chi connectivity index (χ3v) is 4.34. The number of benzene rings is 1. The maximum absolute atomic E-state index is 13.0. The Labute approximate surface area is 130 Å². The zero-order chi connectivity index (χ0) is 15.7. The smallest absolute Gasteiger partial charge is 0.227 e. The Hall–Kier alpha value is -2.35. The van der Waals surface area contributed by atoms with Crippen LogP contribution in [0.5, 0.6) is 0 Å². The molecule has 1 N–H and O–H groups in total. The van der Waals surface area contributed by atoms with E-state index in [1.54, 1.807) is 17.0 Å². The van der Waals surface area contributed by atoms with E-state index in [9.17, 15) is 14.0 Å². The second kappa shape index (κ2) is 5.80. The van der Waals surface area contributed by atoms with Gasteiger partial charge in [-0.05, 0) is 24.3 Å². The highest BCUT2D eigenvalue weighted by molar-refractivity contribution is 7.15. The molecule has 0 bridgehead atoms. The van der Waals surface area contributed by atoms with E-state index in [-0.39, 0.29) is 23.5 Å². The number of carbonyl (C=O) groups excluding carboxylic acids is 2. The van der Waals surface area contributed by atoms with E-state index >= 15 is 0 Å². The summed E-state index contributed by atoms with van der Waals surface area (Å²) in [4.78, 5) is 24.8. The van der Waals surface area contributed by atoms with E-state index in [2.05, 4.69) is 15.5 Å². The van der Waals surface area contributed by atoms with Crippen LogP contribution >= 0.6 is 11.3 Å². The highest BCUT2D eigenvalue weighted by atomic mass is 32.1. The van der Waals surface area contributed by atoms with Crippen LogP contribution in [0.25, 0.3) is 0 Å². The van der Waals surface area contributed by atoms with Gasteiger partial charge in [0.2, 0.25) is 16.9 Å². The fourth-order valence-corrected chi connectivity index (χ4v) is 3.22. The van der Waals surface area contributed by atoms with Crippen molar-refractivity contribution in [2.45, 2.75) is 19.3 Å². The largest absolute Gasteiger partial charge is 0.312 e. The van der Waals surface area contributed by atoms with Crippen molar-refractivity contribution in [3.05, 3.63) is 35.1 Å². The van der Waals surface area contributed by atoms with Gasteiger partial charge in [-0.25, -0.2) is 4.39 Å². The Bertz CT molecular complexity index is 716. The molecular formula is C14H13FN4O2S. The summed E-state index contributed by atoms with van der Waals surface area (Å²) in [6.07, 6.45) is 0.325. The predicted octanol–water partition coefficient (Wildman–Crippen LogP) is 2.16. The molecule has 22 heavy (non-hydrogen) atoms. The van der Waals surface area contributed by atoms with E-state index in [0.29, 0.717) is 28.8 Å². The van der Waals surface area contributed by atoms with Gasteiger partial charge in [0.1, 0.15) is 10.8 Å². The number of amides is 2. The van der Waals surface area contributed by atoms with Crippen molar-refractivity contribution in [1.82, 2.24) is 10.2 Å². The summed E-state index contributed by atoms with van der Waals surface area (Å²) in [7, 11) is 0. The van der Waals surface area contributed by atoms with Crippen LogP contribution in [0.1, 0.15) is 24.3 Å². The Morgan fingerprint density at radius 3 is 2.77 bits per heavy atom. The zero-order valence-electron chi connectivity index (χ0n) is 11.7. The van der Waals surface area contributed by atoms with Crippen molar-refractivity contribution in [3.63, 3.8) is 0 Å². The first kappa shape index (κ1) is 14.6. The number of anilines is 2. The molecule has 0 saturated carbocycles. The summed E-state index contributed by atoms with van der Waals surface area (Å²) in [5, 5.41) is 11.6. The normalized spacial score (nSPS) is 17.8. The van der Waals surface area contributed by atoms with E-state index < -0.39 is 0 Å². The van der Waals surface area contributed by atoms with Gasteiger partial charge in [-0.2, -0.15) is 0 Å². The van der Waals surface area contributed by atoms with Gasteiger partial charge in [0.05, 0.1) is 0 Å². The average molecular weight is 320 g/mol. The molecule has 114 valence electrons. The fraction of sp³-hybridized carbons (Fsp3) is 0.286. The second-order valence-electron chi connectivity index (χ2n) is 5.01. The molecule has 1 fully saturated rings. The minimum atomic E-state index is -0.337. The number of carbonyl (C=O) groups is 2. The first-order valence-electron chi connectivity index (χ1n) is 6.70. The van der Waals surface area contributed by atoms with Crippen LogP contribution in [-0.2, 0) is 9.59 Å². The van der Waals surface area contributed by atoms with Gasteiger partial charge < -0.3 is 10.2 Å². The Morgan fingerprint density at radius 2 is 2.09 bits per heavy atom. The van der Waals surface area contributed by atoms with Crippen molar-refractivity contribution in [2.24, 2.45) is 0 Å². The molecule has 2 aromatic rings. The van der Waals surface area contributed by atoms with Crippen LogP contribution in [-0.4, -0.2) is 28.6 Å². The van der Waals surface area contributed by atoms with Gasteiger partial charge in [0.25, 0.3) is 0 Å². The zero-order valence-corrected chi connectivity index (χ0v) is 12.6. The van der Waals surface area contributed by atoms with Crippen molar-refractivity contribution >= 4 is 34.0 Å². The molecular weight excluding hydrogens is 307 g/mol. The number of nitrogens with zero attached hydrogens (tertiary/aromatic N) is 3. The quantitative estimate of drug-likeness (QED) is 0.940. The third kappa shape index (κ3) is 2.96. The van der Waals surface area contributed by atoms with Crippen molar-refractivity contribution in [1.29, 1.82) is 0 Å². The van der Waals surface area contributed by atoms with Gasteiger partial charge in [0.15, 0.2) is 0 Å². The first-order chi connectivity index (χ1) is 10.5. The maximum atomic E-state index is 13.0. The fourth-order valence-electron chi connectivity index (χ4n) is 2.34. The molecule has 0 unspecified atom stereocenters. The Morgan fingerprint density at radius 1 is 1.36 bits per heavy atom. The number of nitrogens with one attached hydrogen (secondary N) is 1. The van der Waals surface area contributed by atoms with Gasteiger partial charge in [-0.15, -0.1) is 10.2 Å². The number of aromatic nitrogens is 2. The molecule has 2 heterocycles. The highest BCUT2D eigenvalue weighted by Gasteiger charge is 2.33. The molecule has 0 radical (unpaired) electrons. The minimum absolute atomic E-state index is 0.0344. The van der Waals surface area contributed by atoms with Gasteiger partial charge in [-0.3, -0.25) is 9.59 Å². The van der Waals surface area contributed by atoms with E-state index in [0.717, 1.165) is 0 Å². The molecule has 2 amide bonds. The molecule has 8 heteroatoms. The lowest BCUT2D eigenvalue weighted by Crippen LogP contribution is -2.24. The van der Waals surface area contributed by atoms with Crippen LogP contribution in [0.2, 0.25) is 0 Å². The van der Waals surface area contributed by atoms with Gasteiger partial charge in [-0.1, -0.05) is 11.3 Å². The maximum Gasteiger partial charge on any atom is 0.227 e. The summed E-state index contributed by atoms with van der Waals surface area (Å²) in [6, 6.07) is 5.82. The number of rotatable bonds is 3. The van der Waals surface area contributed by atoms with Crippen molar-refractivity contribution in [3.8, 4) is 0 Å². The summed E-state index contributed by atoms with van der Waals surface area (Å²) in [5.41, 5.74) is 0.667. The number of halogens is 1. The third-order valence-electron chi connectivity index (χ3n) is 3.34. The lowest BCUT2D eigenvalue weighted by Gasteiger charge is -2.16. The predicted molar refractivity (Wildman–Crippen MR) is 80.3 cm³/mol. The lowest BCUT2D eigenvalue weighted by atomic mass is 10.1. The molecule has 1 aliphatic heterocycles. The van der Waals surface area contributed by atoms with E-state index in [1.807, 2.05) is 0 Å². The summed E-state index contributed by atoms with van der Waals surface area (Å²) in [6.45, 7) is 1.87. The molecule has 3 rings (SSSR count). The average Bonchev–Trinajstić information content (AvgIpc) is 3.06. The Balaban J connectivity index is 1.75. The van der Waals surface area contributed by atoms with Crippen LogP contribution in [0.4, 0.5) is 15.2 Å². The minimum Gasteiger partial charge on any atom is -0.312 e.